The molecule has 3 unspecified atom stereocenters. The maximum absolute atomic E-state index is 13.9. The van der Waals surface area contributed by atoms with Crippen molar-refractivity contribution >= 4 is 11.7 Å². The molecule has 0 bridgehead atoms. The Hall–Kier alpha value is -1.50. The number of Topliss-reactive ketones (excluding diaryl/α,β-unsaturated/α-hetero) is 1. The number of rotatable bonds is 3. The van der Waals surface area contributed by atoms with Crippen molar-refractivity contribution in [3.05, 3.63) is 23.3 Å². The van der Waals surface area contributed by atoms with Gasteiger partial charge in [0.25, 0.3) is 0 Å². The Balaban J connectivity index is 2.17. The molecule has 0 aromatic heterocycles. The summed E-state index contributed by atoms with van der Waals surface area (Å²) in [6.07, 6.45) is 2.84. The Morgan fingerprint density at radius 2 is 1.87 bits per heavy atom. The highest BCUT2D eigenvalue weighted by molar-refractivity contribution is 6.09. The number of hydrogen-bond donors (Lipinski definition) is 3. The molecular weight excluding hydrogens is 394 g/mol. The Morgan fingerprint density at radius 3 is 2.48 bits per heavy atom. The molecule has 6 heteroatoms. The number of hydrogen-bond acceptors (Lipinski definition) is 5. The molecule has 2 aliphatic carbocycles. The lowest BCUT2D eigenvalue weighted by Crippen LogP contribution is -2.54. The lowest BCUT2D eigenvalue weighted by atomic mass is 9.54. The second-order valence-electron chi connectivity index (χ2n) is 10.3. The average Bonchev–Trinajstić information content (AvgIpc) is 2.96. The topological polar surface area (TPSA) is 95.9 Å². The monoisotopic (exact) mass is 433 g/mol. The predicted molar refractivity (Wildman–Crippen MR) is 119 cm³/mol. The molecule has 1 saturated heterocycles. The van der Waals surface area contributed by atoms with Gasteiger partial charge in [0.1, 0.15) is 11.5 Å². The smallest absolute Gasteiger partial charge is 0.235 e. The zero-order valence-corrected chi connectivity index (χ0v) is 19.7. The number of nitrogens with one attached hydrogen (secondary N) is 1. The van der Waals surface area contributed by atoms with E-state index in [1.807, 2.05) is 13.0 Å². The molecule has 3 rings (SSSR count). The first-order valence-corrected chi connectivity index (χ1v) is 11.6. The molecule has 3 aliphatic rings. The molecule has 174 valence electrons. The van der Waals surface area contributed by atoms with Crippen LogP contribution in [0.1, 0.15) is 60.3 Å². The van der Waals surface area contributed by atoms with Gasteiger partial charge in [-0.25, -0.2) is 0 Å². The summed E-state index contributed by atoms with van der Waals surface area (Å²) in [7, 11) is 1.43. The van der Waals surface area contributed by atoms with Crippen LogP contribution in [0.3, 0.4) is 0 Å². The average molecular weight is 434 g/mol. The number of ketones is 1. The fourth-order valence-electron chi connectivity index (χ4n) is 6.18. The lowest BCUT2D eigenvalue weighted by molar-refractivity contribution is -0.149. The van der Waals surface area contributed by atoms with E-state index < -0.39 is 23.7 Å². The van der Waals surface area contributed by atoms with Crippen LogP contribution < -0.4 is 5.32 Å². The maximum atomic E-state index is 13.9. The molecule has 0 saturated carbocycles. The number of ether oxygens (including phenoxy) is 1. The van der Waals surface area contributed by atoms with Crippen molar-refractivity contribution in [1.82, 2.24) is 5.32 Å². The zero-order valence-electron chi connectivity index (χ0n) is 19.7. The lowest BCUT2D eigenvalue weighted by Gasteiger charge is -2.45. The van der Waals surface area contributed by atoms with Crippen molar-refractivity contribution in [2.75, 3.05) is 7.11 Å². The van der Waals surface area contributed by atoms with Crippen LogP contribution in [-0.2, 0) is 14.3 Å². The van der Waals surface area contributed by atoms with Crippen LogP contribution in [0.2, 0.25) is 0 Å². The molecule has 1 aliphatic heterocycles. The van der Waals surface area contributed by atoms with Crippen LogP contribution in [-0.4, -0.2) is 53.4 Å². The van der Waals surface area contributed by atoms with Crippen LogP contribution in [0.5, 0.6) is 0 Å². The van der Waals surface area contributed by atoms with E-state index >= 15 is 0 Å². The van der Waals surface area contributed by atoms with Crippen molar-refractivity contribution in [3.8, 4) is 0 Å². The van der Waals surface area contributed by atoms with Crippen molar-refractivity contribution in [2.45, 2.75) is 84.7 Å². The fraction of sp³-hybridized carbons (Fsp3) is 0.760. The quantitative estimate of drug-likeness (QED) is 0.470. The predicted octanol–water partition coefficient (Wildman–Crippen LogP) is 2.78. The highest BCUT2D eigenvalue weighted by Gasteiger charge is 2.65. The first-order valence-electron chi connectivity index (χ1n) is 11.6. The van der Waals surface area contributed by atoms with Crippen LogP contribution in [0.4, 0.5) is 0 Å². The molecule has 1 heterocycles. The third-order valence-corrected chi connectivity index (χ3v) is 7.79. The number of carbonyl (C=O) groups is 2. The van der Waals surface area contributed by atoms with Crippen LogP contribution in [0.15, 0.2) is 23.3 Å². The SMILES string of the molecule is COC1C(O)CC/C(C)=C/[C@H]2C=C(C)[C@@H](C)[C@H]3[C@H](CC(C)C)NC(=O)[C@@]32C(=O)CC1O. The number of carbonyl (C=O) groups excluding carboxylic acids is 2. The number of aliphatic hydroxyl groups excluding tert-OH is 2. The Morgan fingerprint density at radius 1 is 1.19 bits per heavy atom. The summed E-state index contributed by atoms with van der Waals surface area (Å²) in [5.41, 5.74) is 0.979. The van der Waals surface area contributed by atoms with Gasteiger partial charge in [0.2, 0.25) is 5.91 Å². The normalized spacial score (nSPS) is 43.3. The van der Waals surface area contributed by atoms with E-state index in [1.54, 1.807) is 0 Å². The zero-order chi connectivity index (χ0) is 23.1. The standard InChI is InChI=1S/C25H39NO5/c1-13(2)9-18-22-16(5)15(4)11-17-10-14(3)7-8-19(27)23(31-6)20(28)12-21(29)25(17,22)24(30)26-18/h10-11,13,16-20,22-23,27-28H,7-9,12H2,1-6H3,(H,26,30)/b14-10+/t16-,17+,18+,19?,20?,22+,23?,25+/m1/s1. The van der Waals surface area contributed by atoms with Gasteiger partial charge in [-0.1, -0.05) is 44.1 Å². The van der Waals surface area contributed by atoms with Crippen LogP contribution in [0.25, 0.3) is 0 Å². The minimum absolute atomic E-state index is 0.0719. The molecule has 1 amide bonds. The van der Waals surface area contributed by atoms with E-state index in [9.17, 15) is 19.8 Å². The molecule has 6 nitrogen and oxygen atoms in total. The molecule has 8 atom stereocenters. The Labute approximate surface area is 186 Å². The van der Waals surface area contributed by atoms with E-state index in [1.165, 1.54) is 12.7 Å². The summed E-state index contributed by atoms with van der Waals surface area (Å²) >= 11 is 0. The minimum atomic E-state index is -1.24. The van der Waals surface area contributed by atoms with Crippen molar-refractivity contribution in [3.63, 3.8) is 0 Å². The highest BCUT2D eigenvalue weighted by atomic mass is 16.5. The summed E-state index contributed by atoms with van der Waals surface area (Å²) in [4.78, 5) is 27.6. The molecular formula is C25H39NO5. The summed E-state index contributed by atoms with van der Waals surface area (Å²) in [6, 6.07) is -0.0858. The summed E-state index contributed by atoms with van der Waals surface area (Å²) < 4.78 is 5.37. The molecule has 0 aromatic rings. The van der Waals surface area contributed by atoms with Crippen LogP contribution in [0, 0.1) is 29.1 Å². The molecule has 0 radical (unpaired) electrons. The summed E-state index contributed by atoms with van der Waals surface area (Å²) in [6.45, 7) is 10.4. The number of aliphatic hydroxyl groups is 2. The van der Waals surface area contributed by atoms with E-state index in [4.69, 9.17) is 4.74 Å². The van der Waals surface area contributed by atoms with Gasteiger partial charge < -0.3 is 20.3 Å². The van der Waals surface area contributed by atoms with Crippen LogP contribution >= 0.6 is 0 Å². The molecule has 31 heavy (non-hydrogen) atoms. The van der Waals surface area contributed by atoms with Gasteiger partial charge in [-0.05, 0) is 44.9 Å². The molecule has 0 aromatic carbocycles. The van der Waals surface area contributed by atoms with Gasteiger partial charge >= 0.3 is 0 Å². The van der Waals surface area contributed by atoms with Crippen molar-refractivity contribution < 1.29 is 24.5 Å². The van der Waals surface area contributed by atoms with E-state index in [2.05, 4.69) is 39.1 Å². The van der Waals surface area contributed by atoms with E-state index in [-0.39, 0.29) is 41.9 Å². The molecule has 1 spiro atoms. The van der Waals surface area contributed by atoms with Crippen molar-refractivity contribution in [2.24, 2.45) is 29.1 Å². The Kier molecular flexibility index (Phi) is 7.14. The van der Waals surface area contributed by atoms with E-state index in [0.29, 0.717) is 18.8 Å². The highest BCUT2D eigenvalue weighted by Crippen LogP contribution is 2.55. The van der Waals surface area contributed by atoms with Gasteiger partial charge in [0.05, 0.1) is 12.2 Å². The van der Waals surface area contributed by atoms with Crippen molar-refractivity contribution in [1.29, 1.82) is 0 Å². The molecule has 1 fully saturated rings. The maximum Gasteiger partial charge on any atom is 0.235 e. The largest absolute Gasteiger partial charge is 0.390 e. The number of methoxy groups -OCH3 is 1. The number of amides is 1. The van der Waals surface area contributed by atoms with Gasteiger partial charge in [-0.15, -0.1) is 0 Å². The summed E-state index contributed by atoms with van der Waals surface area (Å²) in [5.74, 6) is -0.559. The minimum Gasteiger partial charge on any atom is -0.390 e. The number of allylic oxidation sites excluding steroid dienone is 4. The third kappa shape index (κ3) is 4.14. The summed E-state index contributed by atoms with van der Waals surface area (Å²) in [5, 5.41) is 24.6. The first-order chi connectivity index (χ1) is 14.5. The van der Waals surface area contributed by atoms with Gasteiger partial charge in [-0.2, -0.15) is 0 Å². The second kappa shape index (κ2) is 9.16. The second-order valence-corrected chi connectivity index (χ2v) is 10.3. The molecule has 3 N–H and O–H groups in total. The van der Waals surface area contributed by atoms with Gasteiger partial charge in [-0.3, -0.25) is 9.59 Å². The van der Waals surface area contributed by atoms with E-state index in [0.717, 1.165) is 12.0 Å². The third-order valence-electron chi connectivity index (χ3n) is 7.79. The van der Waals surface area contributed by atoms with Gasteiger partial charge in [0.15, 0.2) is 5.78 Å². The fourth-order valence-corrected chi connectivity index (χ4v) is 6.18. The van der Waals surface area contributed by atoms with Gasteiger partial charge in [0, 0.05) is 31.4 Å². The Bertz CT molecular complexity index is 772. The first kappa shape index (κ1) is 24.1.